The van der Waals surface area contributed by atoms with Crippen molar-refractivity contribution in [3.05, 3.63) is 47.8 Å². The molecule has 5 nitrogen and oxygen atoms in total. The zero-order valence-corrected chi connectivity index (χ0v) is 11.3. The average molecular weight is 268 g/mol. The molecule has 0 saturated heterocycles. The van der Waals surface area contributed by atoms with Crippen molar-refractivity contribution in [2.45, 2.75) is 19.9 Å². The van der Waals surface area contributed by atoms with Gasteiger partial charge in [-0.15, -0.1) is 0 Å². The quantitative estimate of drug-likeness (QED) is 0.711. The Morgan fingerprint density at radius 3 is 3.05 bits per heavy atom. The third-order valence-corrected chi connectivity index (χ3v) is 3.18. The molecule has 0 radical (unpaired) electrons. The number of nitrogens with zero attached hydrogens (tertiary/aromatic N) is 2. The minimum atomic E-state index is 0.485. The molecule has 0 fully saturated rings. The summed E-state index contributed by atoms with van der Waals surface area (Å²) in [5.41, 5.74) is 10.1. The minimum Gasteiger partial charge on any atom is -0.424 e. The number of aryl methyl sites for hydroxylation is 1. The second kappa shape index (κ2) is 5.21. The molecule has 3 N–H and O–H groups in total. The van der Waals surface area contributed by atoms with Gasteiger partial charge < -0.3 is 15.5 Å². The summed E-state index contributed by atoms with van der Waals surface area (Å²) >= 11 is 0. The number of oxazole rings is 1. The summed E-state index contributed by atoms with van der Waals surface area (Å²) in [4.78, 5) is 8.74. The normalized spacial score (nSPS) is 10.8. The maximum atomic E-state index is 5.72. The van der Waals surface area contributed by atoms with Gasteiger partial charge in [-0.2, -0.15) is 4.98 Å². The van der Waals surface area contributed by atoms with Gasteiger partial charge in [-0.05, 0) is 36.2 Å². The maximum absolute atomic E-state index is 5.72. The minimum absolute atomic E-state index is 0.485. The van der Waals surface area contributed by atoms with Crippen molar-refractivity contribution < 1.29 is 4.42 Å². The van der Waals surface area contributed by atoms with E-state index < -0.39 is 0 Å². The van der Waals surface area contributed by atoms with Crippen molar-refractivity contribution in [3.63, 3.8) is 0 Å². The van der Waals surface area contributed by atoms with Crippen LogP contribution in [0, 0.1) is 0 Å². The molecule has 0 aliphatic carbocycles. The molecule has 102 valence electrons. The van der Waals surface area contributed by atoms with Gasteiger partial charge in [0.05, 0.1) is 12.2 Å². The van der Waals surface area contributed by atoms with Gasteiger partial charge >= 0.3 is 0 Å². The van der Waals surface area contributed by atoms with Crippen LogP contribution in [0.5, 0.6) is 0 Å². The molecule has 0 atom stereocenters. The second-order valence-corrected chi connectivity index (χ2v) is 4.56. The standard InChI is InChI=1S/C15H16N4O/c1-2-10-4-3-7-17-13(10)9-18-15-19-12-8-11(16)5-6-14(12)20-15/h3-8H,2,9,16H2,1H3,(H,18,19). The van der Waals surface area contributed by atoms with Crippen LogP contribution >= 0.6 is 0 Å². The van der Waals surface area contributed by atoms with E-state index in [-0.39, 0.29) is 0 Å². The zero-order chi connectivity index (χ0) is 13.9. The largest absolute Gasteiger partial charge is 0.424 e. The summed E-state index contributed by atoms with van der Waals surface area (Å²) in [5, 5.41) is 3.16. The molecule has 0 aliphatic rings. The first-order valence-electron chi connectivity index (χ1n) is 6.59. The van der Waals surface area contributed by atoms with Crippen LogP contribution in [0.1, 0.15) is 18.2 Å². The third-order valence-electron chi connectivity index (χ3n) is 3.18. The number of anilines is 2. The summed E-state index contributed by atoms with van der Waals surface area (Å²) in [6.07, 6.45) is 2.75. The molecule has 3 aromatic rings. The van der Waals surface area contributed by atoms with Gasteiger partial charge in [0.25, 0.3) is 6.01 Å². The Kier molecular flexibility index (Phi) is 3.25. The first-order chi connectivity index (χ1) is 9.76. The lowest BCUT2D eigenvalue weighted by Crippen LogP contribution is -2.04. The topological polar surface area (TPSA) is 77.0 Å². The summed E-state index contributed by atoms with van der Waals surface area (Å²) in [5.74, 6) is 0. The predicted molar refractivity (Wildman–Crippen MR) is 79.4 cm³/mol. The number of hydrogen-bond donors (Lipinski definition) is 2. The van der Waals surface area contributed by atoms with Crippen molar-refractivity contribution in [2.24, 2.45) is 0 Å². The first kappa shape index (κ1) is 12.5. The first-order valence-corrected chi connectivity index (χ1v) is 6.59. The second-order valence-electron chi connectivity index (χ2n) is 4.56. The number of nitrogen functional groups attached to an aromatic ring is 1. The number of benzene rings is 1. The fourth-order valence-corrected chi connectivity index (χ4v) is 2.13. The van der Waals surface area contributed by atoms with Crippen LogP contribution in [-0.4, -0.2) is 9.97 Å². The Labute approximate surface area is 116 Å². The molecule has 0 unspecified atom stereocenters. The molecule has 20 heavy (non-hydrogen) atoms. The smallest absolute Gasteiger partial charge is 0.296 e. The number of fused-ring (bicyclic) bond motifs is 1. The van der Waals surface area contributed by atoms with Gasteiger partial charge in [0.2, 0.25) is 0 Å². The SMILES string of the molecule is CCc1cccnc1CNc1nc2cc(N)ccc2o1. The van der Waals surface area contributed by atoms with Crippen LogP contribution in [0.2, 0.25) is 0 Å². The molecular formula is C15H16N4O. The van der Waals surface area contributed by atoms with Crippen molar-refractivity contribution in [1.82, 2.24) is 9.97 Å². The molecule has 0 aliphatic heterocycles. The van der Waals surface area contributed by atoms with Crippen LogP contribution < -0.4 is 11.1 Å². The molecule has 5 heteroatoms. The predicted octanol–water partition coefficient (Wildman–Crippen LogP) is 2.98. The molecule has 0 amide bonds. The van der Waals surface area contributed by atoms with Crippen LogP contribution in [0.25, 0.3) is 11.1 Å². The van der Waals surface area contributed by atoms with Crippen molar-refractivity contribution in [1.29, 1.82) is 0 Å². The number of nitrogens with one attached hydrogen (secondary N) is 1. The number of aromatic nitrogens is 2. The lowest BCUT2D eigenvalue weighted by atomic mass is 10.1. The van der Waals surface area contributed by atoms with E-state index in [9.17, 15) is 0 Å². The van der Waals surface area contributed by atoms with Crippen LogP contribution in [-0.2, 0) is 13.0 Å². The summed E-state index contributed by atoms with van der Waals surface area (Å²) in [7, 11) is 0. The number of hydrogen-bond acceptors (Lipinski definition) is 5. The van der Waals surface area contributed by atoms with Crippen molar-refractivity contribution >= 4 is 22.8 Å². The lowest BCUT2D eigenvalue weighted by molar-refractivity contribution is 0.613. The van der Waals surface area contributed by atoms with E-state index in [4.69, 9.17) is 10.2 Å². The number of rotatable bonds is 4. The van der Waals surface area contributed by atoms with Crippen LogP contribution in [0.4, 0.5) is 11.7 Å². The van der Waals surface area contributed by atoms with Crippen LogP contribution in [0.3, 0.4) is 0 Å². The highest BCUT2D eigenvalue weighted by Crippen LogP contribution is 2.21. The van der Waals surface area contributed by atoms with Gasteiger partial charge in [0.15, 0.2) is 5.58 Å². The zero-order valence-electron chi connectivity index (χ0n) is 11.3. The van der Waals surface area contributed by atoms with E-state index in [1.807, 2.05) is 12.1 Å². The Hall–Kier alpha value is -2.56. The Bertz CT molecular complexity index is 736. The highest BCUT2D eigenvalue weighted by atomic mass is 16.4. The van der Waals surface area contributed by atoms with Crippen molar-refractivity contribution in [3.8, 4) is 0 Å². The van der Waals surface area contributed by atoms with Gasteiger partial charge in [-0.3, -0.25) is 4.98 Å². The van der Waals surface area contributed by atoms with E-state index >= 15 is 0 Å². The lowest BCUT2D eigenvalue weighted by Gasteiger charge is -2.06. The Morgan fingerprint density at radius 2 is 2.20 bits per heavy atom. The van der Waals surface area contributed by atoms with E-state index in [1.165, 1.54) is 5.56 Å². The molecule has 1 aromatic carbocycles. The highest BCUT2D eigenvalue weighted by molar-refractivity contribution is 5.78. The molecule has 2 heterocycles. The van der Waals surface area contributed by atoms with Gasteiger partial charge in [-0.1, -0.05) is 13.0 Å². The summed E-state index contributed by atoms with van der Waals surface area (Å²) < 4.78 is 5.61. The molecular weight excluding hydrogens is 252 g/mol. The summed E-state index contributed by atoms with van der Waals surface area (Å²) in [6.45, 7) is 2.70. The molecule has 0 bridgehead atoms. The average Bonchev–Trinajstić information content (AvgIpc) is 2.87. The van der Waals surface area contributed by atoms with Gasteiger partial charge in [0, 0.05) is 11.9 Å². The molecule has 2 aromatic heterocycles. The molecule has 3 rings (SSSR count). The van der Waals surface area contributed by atoms with Gasteiger partial charge in [0.1, 0.15) is 5.52 Å². The fraction of sp³-hybridized carbons (Fsp3) is 0.200. The maximum Gasteiger partial charge on any atom is 0.296 e. The van der Waals surface area contributed by atoms with Crippen molar-refractivity contribution in [2.75, 3.05) is 11.1 Å². The van der Waals surface area contributed by atoms with E-state index in [0.29, 0.717) is 18.2 Å². The van der Waals surface area contributed by atoms with E-state index in [0.717, 1.165) is 23.2 Å². The molecule has 0 saturated carbocycles. The Balaban J connectivity index is 1.79. The third kappa shape index (κ3) is 2.42. The fourth-order valence-electron chi connectivity index (χ4n) is 2.13. The number of pyridine rings is 1. The highest BCUT2D eigenvalue weighted by Gasteiger charge is 2.07. The summed E-state index contributed by atoms with van der Waals surface area (Å²) in [6, 6.07) is 9.92. The monoisotopic (exact) mass is 268 g/mol. The van der Waals surface area contributed by atoms with E-state index in [2.05, 4.69) is 28.3 Å². The Morgan fingerprint density at radius 1 is 1.30 bits per heavy atom. The number of nitrogens with two attached hydrogens (primary N) is 1. The van der Waals surface area contributed by atoms with E-state index in [1.54, 1.807) is 18.3 Å². The van der Waals surface area contributed by atoms with Gasteiger partial charge in [-0.25, -0.2) is 0 Å². The molecule has 0 spiro atoms. The van der Waals surface area contributed by atoms with Crippen LogP contribution in [0.15, 0.2) is 40.9 Å².